The summed E-state index contributed by atoms with van der Waals surface area (Å²) in [6.45, 7) is 5.56. The molecule has 0 spiro atoms. The summed E-state index contributed by atoms with van der Waals surface area (Å²) in [6.07, 6.45) is 2.57. The number of hydrogen-bond acceptors (Lipinski definition) is 6. The van der Waals surface area contributed by atoms with Crippen LogP contribution >= 0.6 is 0 Å². The SMILES string of the molecule is CCNC(C)c1c(C(=O)NCc2ccc(F)cc2F)c(=O)c(O)c(C)n1C[C@H]1OC2CCC(C2)N1C=O. The molecule has 2 aromatic rings. The average molecular weight is 519 g/mol. The van der Waals surface area contributed by atoms with Gasteiger partial charge in [0.15, 0.2) is 12.0 Å². The first-order valence-electron chi connectivity index (χ1n) is 12.5. The first kappa shape index (κ1) is 26.7. The van der Waals surface area contributed by atoms with Gasteiger partial charge in [-0.05, 0) is 45.7 Å². The first-order chi connectivity index (χ1) is 17.7. The first-order valence-corrected chi connectivity index (χ1v) is 12.5. The Labute approximate surface area is 213 Å². The molecule has 11 heteroatoms. The van der Waals surface area contributed by atoms with Crippen molar-refractivity contribution >= 4 is 12.3 Å². The normalized spacial score (nSPS) is 21.6. The summed E-state index contributed by atoms with van der Waals surface area (Å²) >= 11 is 0. The maximum atomic E-state index is 14.1. The molecule has 0 radical (unpaired) electrons. The van der Waals surface area contributed by atoms with Gasteiger partial charge in [0.2, 0.25) is 11.8 Å². The van der Waals surface area contributed by atoms with Crippen LogP contribution in [-0.2, 0) is 22.6 Å². The van der Waals surface area contributed by atoms with Crippen molar-refractivity contribution in [1.82, 2.24) is 20.1 Å². The van der Waals surface area contributed by atoms with E-state index in [0.29, 0.717) is 18.3 Å². The lowest BCUT2D eigenvalue weighted by Gasteiger charge is -2.39. The van der Waals surface area contributed by atoms with Crippen LogP contribution < -0.4 is 16.1 Å². The number of aromatic hydroxyl groups is 1. The van der Waals surface area contributed by atoms with E-state index in [0.717, 1.165) is 31.7 Å². The fourth-order valence-corrected chi connectivity index (χ4v) is 5.37. The van der Waals surface area contributed by atoms with E-state index in [1.54, 1.807) is 23.3 Å². The zero-order chi connectivity index (χ0) is 26.9. The maximum absolute atomic E-state index is 14.1. The van der Waals surface area contributed by atoms with E-state index in [4.69, 9.17) is 4.74 Å². The number of pyridine rings is 1. The molecule has 9 nitrogen and oxygen atoms in total. The van der Waals surface area contributed by atoms with Gasteiger partial charge in [-0.2, -0.15) is 0 Å². The minimum atomic E-state index is -0.859. The summed E-state index contributed by atoms with van der Waals surface area (Å²) in [5.41, 5.74) is -0.566. The number of aromatic nitrogens is 1. The minimum Gasteiger partial charge on any atom is -0.503 e. The molecule has 2 amide bonds. The van der Waals surface area contributed by atoms with E-state index < -0.39 is 41.0 Å². The standard InChI is InChI=1S/C26H32F2N4O5/c1-4-29-14(2)23-22(26(36)30-11-16-5-6-17(27)9-20(16)28)25(35)24(34)15(3)31(23)12-21-32(13-33)18-7-8-19(10-18)37-21/h5-6,9,13-14,18-19,21,29,34H,4,7-8,10-12H2,1-3H3,(H,30,36)/t14?,18?,19?,21-/m1/s1. The van der Waals surface area contributed by atoms with Crippen LogP contribution in [0.5, 0.6) is 5.75 Å². The van der Waals surface area contributed by atoms with Crippen LogP contribution in [0.15, 0.2) is 23.0 Å². The summed E-state index contributed by atoms with van der Waals surface area (Å²) in [4.78, 5) is 40.1. The number of fused-ring (bicyclic) bond motifs is 2. The second-order valence-electron chi connectivity index (χ2n) is 9.56. The Morgan fingerprint density at radius 2 is 2.08 bits per heavy atom. The van der Waals surface area contributed by atoms with Gasteiger partial charge in [0.1, 0.15) is 17.2 Å². The number of carbonyl (C=O) groups is 2. The number of nitrogens with zero attached hydrogens (tertiary/aromatic N) is 2. The monoisotopic (exact) mass is 518 g/mol. The van der Waals surface area contributed by atoms with Crippen molar-refractivity contribution in [3.05, 3.63) is 62.6 Å². The van der Waals surface area contributed by atoms with Crippen LogP contribution in [0.2, 0.25) is 0 Å². The quantitative estimate of drug-likeness (QED) is 0.440. The van der Waals surface area contributed by atoms with Crippen molar-refractivity contribution < 1.29 is 28.2 Å². The van der Waals surface area contributed by atoms with Gasteiger partial charge < -0.3 is 29.9 Å². The Kier molecular flexibility index (Phi) is 7.93. The summed E-state index contributed by atoms with van der Waals surface area (Å²) in [6, 6.07) is 2.55. The van der Waals surface area contributed by atoms with Gasteiger partial charge in [-0.3, -0.25) is 14.4 Å². The molecule has 4 atom stereocenters. The average Bonchev–Trinajstić information content (AvgIpc) is 3.25. The third-order valence-corrected chi connectivity index (χ3v) is 7.26. The molecule has 1 saturated heterocycles. The number of benzene rings is 1. The molecule has 2 aliphatic rings. The summed E-state index contributed by atoms with van der Waals surface area (Å²) in [7, 11) is 0. The van der Waals surface area contributed by atoms with Crippen LogP contribution in [-0.4, -0.2) is 51.8 Å². The molecule has 2 heterocycles. The number of ether oxygens (including phenoxy) is 1. The number of nitrogens with one attached hydrogen (secondary N) is 2. The van der Waals surface area contributed by atoms with E-state index in [2.05, 4.69) is 10.6 Å². The van der Waals surface area contributed by atoms with Gasteiger partial charge in [0.05, 0.1) is 24.0 Å². The van der Waals surface area contributed by atoms with Crippen LogP contribution in [0.3, 0.4) is 0 Å². The molecular weight excluding hydrogens is 486 g/mol. The van der Waals surface area contributed by atoms with E-state index in [1.165, 1.54) is 6.07 Å². The minimum absolute atomic E-state index is 0.0162. The lowest BCUT2D eigenvalue weighted by Crippen LogP contribution is -2.50. The molecule has 200 valence electrons. The molecular formula is C26H32F2N4O5. The highest BCUT2D eigenvalue weighted by molar-refractivity contribution is 5.95. The fraction of sp³-hybridized carbons (Fsp3) is 0.500. The van der Waals surface area contributed by atoms with E-state index in [1.807, 2.05) is 6.92 Å². The number of rotatable bonds is 9. The van der Waals surface area contributed by atoms with Crippen molar-refractivity contribution in [3.8, 4) is 5.75 Å². The fourth-order valence-electron chi connectivity index (χ4n) is 5.37. The van der Waals surface area contributed by atoms with Crippen LogP contribution in [0, 0.1) is 18.6 Å². The van der Waals surface area contributed by atoms with Crippen molar-refractivity contribution in [2.24, 2.45) is 0 Å². The number of hydrogen-bond donors (Lipinski definition) is 3. The zero-order valence-electron chi connectivity index (χ0n) is 21.1. The number of halogens is 2. The van der Waals surface area contributed by atoms with Crippen LogP contribution in [0.1, 0.15) is 66.5 Å². The molecule has 37 heavy (non-hydrogen) atoms. The lowest BCUT2D eigenvalue weighted by atomic mass is 10.0. The molecule has 3 unspecified atom stereocenters. The van der Waals surface area contributed by atoms with Gasteiger partial charge in [0, 0.05) is 30.3 Å². The number of carbonyl (C=O) groups excluding carboxylic acids is 2. The molecule has 1 aromatic carbocycles. The van der Waals surface area contributed by atoms with Gasteiger partial charge in [-0.25, -0.2) is 8.78 Å². The smallest absolute Gasteiger partial charge is 0.257 e. The van der Waals surface area contributed by atoms with E-state index >= 15 is 0 Å². The summed E-state index contributed by atoms with van der Waals surface area (Å²) < 4.78 is 35.2. The van der Waals surface area contributed by atoms with Gasteiger partial charge in [-0.15, -0.1) is 0 Å². The lowest BCUT2D eigenvalue weighted by molar-refractivity contribution is -0.160. The Morgan fingerprint density at radius 1 is 1.32 bits per heavy atom. The van der Waals surface area contributed by atoms with Crippen molar-refractivity contribution in [3.63, 3.8) is 0 Å². The van der Waals surface area contributed by atoms with Crippen molar-refractivity contribution in [2.75, 3.05) is 6.54 Å². The highest BCUT2D eigenvalue weighted by Crippen LogP contribution is 2.35. The predicted molar refractivity (Wildman–Crippen MR) is 131 cm³/mol. The predicted octanol–water partition coefficient (Wildman–Crippen LogP) is 2.48. The van der Waals surface area contributed by atoms with Crippen molar-refractivity contribution in [1.29, 1.82) is 0 Å². The van der Waals surface area contributed by atoms with Crippen LogP contribution in [0.25, 0.3) is 0 Å². The van der Waals surface area contributed by atoms with Gasteiger partial charge >= 0.3 is 0 Å². The van der Waals surface area contributed by atoms with Crippen LogP contribution in [0.4, 0.5) is 8.78 Å². The highest BCUT2D eigenvalue weighted by Gasteiger charge is 2.41. The second-order valence-corrected chi connectivity index (χ2v) is 9.56. The van der Waals surface area contributed by atoms with E-state index in [-0.39, 0.29) is 42.1 Å². The molecule has 1 aliphatic heterocycles. The Bertz CT molecular complexity index is 1250. The van der Waals surface area contributed by atoms with Gasteiger partial charge in [0.25, 0.3) is 5.91 Å². The topological polar surface area (TPSA) is 113 Å². The van der Waals surface area contributed by atoms with Crippen molar-refractivity contribution in [2.45, 2.75) is 77.5 Å². The molecule has 3 N–H and O–H groups in total. The Hall–Kier alpha value is -3.31. The third kappa shape index (κ3) is 5.24. The maximum Gasteiger partial charge on any atom is 0.257 e. The summed E-state index contributed by atoms with van der Waals surface area (Å²) in [5, 5.41) is 16.5. The Morgan fingerprint density at radius 3 is 2.76 bits per heavy atom. The Balaban J connectivity index is 1.74. The van der Waals surface area contributed by atoms with Gasteiger partial charge in [-0.1, -0.05) is 13.0 Å². The molecule has 1 aliphatic carbocycles. The molecule has 4 rings (SSSR count). The second kappa shape index (κ2) is 11.0. The zero-order valence-corrected chi connectivity index (χ0v) is 21.1. The summed E-state index contributed by atoms with van der Waals surface area (Å²) in [5.74, 6) is -2.98. The number of amides is 2. The molecule has 2 bridgehead atoms. The third-order valence-electron chi connectivity index (χ3n) is 7.26. The largest absolute Gasteiger partial charge is 0.503 e. The molecule has 1 aromatic heterocycles. The highest BCUT2D eigenvalue weighted by atomic mass is 19.1. The molecule has 1 saturated carbocycles. The van der Waals surface area contributed by atoms with E-state index in [9.17, 15) is 28.3 Å². The molecule has 2 fully saturated rings.